The molecule has 2 atom stereocenters. The molecule has 1 aromatic heterocycles. The van der Waals surface area contributed by atoms with E-state index >= 15 is 0 Å². The molecule has 3 nitrogen and oxygen atoms in total. The summed E-state index contributed by atoms with van der Waals surface area (Å²) in [5, 5.41) is 3.02. The Morgan fingerprint density at radius 2 is 1.64 bits per heavy atom. The lowest BCUT2D eigenvalue weighted by molar-refractivity contribution is -0.117. The number of allylic oxidation sites excluding steroid dienone is 4. The largest absolute Gasteiger partial charge is 0.324 e. The molecule has 2 aliphatic rings. The molecular formula is C19H24N2O. The lowest BCUT2D eigenvalue weighted by Gasteiger charge is -2.03. The van der Waals surface area contributed by atoms with Gasteiger partial charge >= 0.3 is 0 Å². The Bertz CT molecular complexity index is 526. The molecule has 0 unspecified atom stereocenters. The van der Waals surface area contributed by atoms with Gasteiger partial charge in [-0.25, -0.2) is 0 Å². The number of amides is 1. The second kappa shape index (κ2) is 7.39. The summed E-state index contributed by atoms with van der Waals surface area (Å²) in [5.41, 5.74) is 0.801. The van der Waals surface area contributed by atoms with E-state index in [-0.39, 0.29) is 11.8 Å². The molecule has 1 fully saturated rings. The summed E-state index contributed by atoms with van der Waals surface area (Å²) < 4.78 is 0. The molecule has 3 rings (SSSR count). The van der Waals surface area contributed by atoms with E-state index in [1.54, 1.807) is 12.4 Å². The maximum Gasteiger partial charge on any atom is 0.228 e. The van der Waals surface area contributed by atoms with Gasteiger partial charge in [-0.3, -0.25) is 9.78 Å². The highest BCUT2D eigenvalue weighted by Gasteiger charge is 2.52. The zero-order valence-electron chi connectivity index (χ0n) is 12.9. The Balaban J connectivity index is 1.60. The van der Waals surface area contributed by atoms with Crippen molar-refractivity contribution in [1.82, 2.24) is 4.98 Å². The van der Waals surface area contributed by atoms with Gasteiger partial charge in [0.05, 0.1) is 11.9 Å². The van der Waals surface area contributed by atoms with Crippen molar-refractivity contribution in [2.24, 2.45) is 17.8 Å². The van der Waals surface area contributed by atoms with Crippen LogP contribution >= 0.6 is 0 Å². The molecule has 1 aromatic rings. The molecule has 22 heavy (non-hydrogen) atoms. The zero-order valence-corrected chi connectivity index (χ0v) is 12.9. The van der Waals surface area contributed by atoms with Crippen molar-refractivity contribution in [3.8, 4) is 0 Å². The molecule has 0 aliphatic heterocycles. The molecule has 0 saturated heterocycles. The minimum atomic E-state index is 0.172. The van der Waals surface area contributed by atoms with Gasteiger partial charge in [0.1, 0.15) is 0 Å². The highest BCUT2D eigenvalue weighted by molar-refractivity contribution is 5.94. The van der Waals surface area contributed by atoms with Crippen molar-refractivity contribution >= 4 is 11.6 Å². The molecule has 0 bridgehead atoms. The van der Waals surface area contributed by atoms with Crippen LogP contribution in [-0.4, -0.2) is 10.9 Å². The normalized spacial score (nSPS) is 31.0. The number of rotatable bonds is 2. The molecule has 3 heteroatoms. The molecule has 0 spiro atoms. The number of carbonyl (C=O) groups is 1. The van der Waals surface area contributed by atoms with Gasteiger partial charge < -0.3 is 5.32 Å². The van der Waals surface area contributed by atoms with Gasteiger partial charge in [-0.05, 0) is 62.5 Å². The summed E-state index contributed by atoms with van der Waals surface area (Å²) in [4.78, 5) is 16.5. The number of nitrogens with one attached hydrogen (secondary N) is 1. The molecule has 116 valence electrons. The predicted molar refractivity (Wildman–Crippen MR) is 89.3 cm³/mol. The maximum atomic E-state index is 12.5. The van der Waals surface area contributed by atoms with E-state index in [4.69, 9.17) is 0 Å². The van der Waals surface area contributed by atoms with Gasteiger partial charge in [-0.2, -0.15) is 0 Å². The van der Waals surface area contributed by atoms with Crippen LogP contribution in [0.25, 0.3) is 0 Å². The monoisotopic (exact) mass is 296 g/mol. The van der Waals surface area contributed by atoms with Gasteiger partial charge in [-0.15, -0.1) is 0 Å². The minimum Gasteiger partial charge on any atom is -0.324 e. The third-order valence-corrected chi connectivity index (χ3v) is 4.73. The zero-order chi connectivity index (χ0) is 15.2. The average molecular weight is 296 g/mol. The van der Waals surface area contributed by atoms with E-state index < -0.39 is 0 Å². The number of aromatic nitrogens is 1. The highest BCUT2D eigenvalue weighted by atomic mass is 16.2. The van der Waals surface area contributed by atoms with E-state index in [9.17, 15) is 4.79 Å². The van der Waals surface area contributed by atoms with Gasteiger partial charge in [0, 0.05) is 12.1 Å². The first-order valence-electron chi connectivity index (χ1n) is 8.37. The first-order valence-corrected chi connectivity index (χ1v) is 8.37. The summed E-state index contributed by atoms with van der Waals surface area (Å²) in [5.74, 6) is 1.46. The van der Waals surface area contributed by atoms with Crippen LogP contribution in [0.3, 0.4) is 0 Å². The van der Waals surface area contributed by atoms with E-state index in [1.807, 2.05) is 12.1 Å². The van der Waals surface area contributed by atoms with Crippen LogP contribution in [0.1, 0.15) is 38.5 Å². The summed E-state index contributed by atoms with van der Waals surface area (Å²) >= 11 is 0. The SMILES string of the molecule is O=C(Nc1cccnc1)C1[C@H]2CC/C=C\CC/C=C\CC[C@H]12. The van der Waals surface area contributed by atoms with Gasteiger partial charge in [0.15, 0.2) is 0 Å². The van der Waals surface area contributed by atoms with Gasteiger partial charge in [-0.1, -0.05) is 24.3 Å². The molecule has 0 aromatic carbocycles. The predicted octanol–water partition coefficient (Wildman–Crippen LogP) is 4.35. The third kappa shape index (κ3) is 3.85. The van der Waals surface area contributed by atoms with Crippen LogP contribution in [0.5, 0.6) is 0 Å². The molecule has 1 amide bonds. The number of anilines is 1. The molecule has 2 aliphatic carbocycles. The highest BCUT2D eigenvalue weighted by Crippen LogP contribution is 2.52. The number of carbonyl (C=O) groups excluding carboxylic acids is 1. The summed E-state index contributed by atoms with van der Waals surface area (Å²) in [6.07, 6.45) is 19.3. The van der Waals surface area contributed by atoms with Crippen molar-refractivity contribution in [3.63, 3.8) is 0 Å². The second-order valence-corrected chi connectivity index (χ2v) is 6.26. The van der Waals surface area contributed by atoms with Crippen LogP contribution in [0, 0.1) is 17.8 Å². The third-order valence-electron chi connectivity index (χ3n) is 4.73. The van der Waals surface area contributed by atoms with Crippen LogP contribution in [-0.2, 0) is 4.79 Å². The fraction of sp³-hybridized carbons (Fsp3) is 0.474. The van der Waals surface area contributed by atoms with Crippen molar-refractivity contribution in [2.75, 3.05) is 5.32 Å². The van der Waals surface area contributed by atoms with Crippen LogP contribution in [0.2, 0.25) is 0 Å². The first-order chi connectivity index (χ1) is 10.9. The molecule has 0 radical (unpaired) electrons. The molecular weight excluding hydrogens is 272 g/mol. The Morgan fingerprint density at radius 1 is 1.00 bits per heavy atom. The van der Waals surface area contributed by atoms with E-state index in [0.717, 1.165) is 44.2 Å². The van der Waals surface area contributed by atoms with E-state index in [1.165, 1.54) is 0 Å². The van der Waals surface area contributed by atoms with Crippen molar-refractivity contribution in [2.45, 2.75) is 38.5 Å². The Kier molecular flexibility index (Phi) is 5.04. The van der Waals surface area contributed by atoms with Crippen molar-refractivity contribution in [1.29, 1.82) is 0 Å². The lowest BCUT2D eigenvalue weighted by atomic mass is 10.1. The minimum absolute atomic E-state index is 0.172. The van der Waals surface area contributed by atoms with Gasteiger partial charge in [0.25, 0.3) is 0 Å². The van der Waals surface area contributed by atoms with Crippen LogP contribution in [0.15, 0.2) is 48.8 Å². The average Bonchev–Trinajstić information content (AvgIpc) is 3.21. The Labute approximate surface area is 132 Å². The quantitative estimate of drug-likeness (QED) is 0.824. The fourth-order valence-electron chi connectivity index (χ4n) is 3.52. The second-order valence-electron chi connectivity index (χ2n) is 6.26. The Hall–Kier alpha value is -1.90. The molecule has 1 saturated carbocycles. The van der Waals surface area contributed by atoms with Crippen LogP contribution in [0.4, 0.5) is 5.69 Å². The van der Waals surface area contributed by atoms with Crippen molar-refractivity contribution in [3.05, 3.63) is 48.8 Å². The standard InChI is InChI=1S/C19H24N2O/c22-19(21-15-10-9-13-20-14-15)18-16-11-7-5-3-1-2-4-6-8-12-17(16)18/h3-6,9-10,13-14,16-18H,1-2,7-8,11-12H2,(H,21,22)/b5-3-,6-4-/t16-,17-/m0/s1. The summed E-state index contributed by atoms with van der Waals surface area (Å²) in [6.45, 7) is 0. The van der Waals surface area contributed by atoms with Crippen LogP contribution < -0.4 is 5.32 Å². The molecule has 1 N–H and O–H groups in total. The van der Waals surface area contributed by atoms with Crippen molar-refractivity contribution < 1.29 is 4.79 Å². The first kappa shape index (κ1) is 15.0. The number of nitrogens with zero attached hydrogens (tertiary/aromatic N) is 1. The summed E-state index contributed by atoms with van der Waals surface area (Å²) in [6, 6.07) is 3.74. The lowest BCUT2D eigenvalue weighted by Crippen LogP contribution is -2.15. The number of fused-ring (bicyclic) bond motifs is 1. The smallest absolute Gasteiger partial charge is 0.228 e. The van der Waals surface area contributed by atoms with E-state index in [2.05, 4.69) is 34.6 Å². The van der Waals surface area contributed by atoms with E-state index in [0.29, 0.717) is 11.8 Å². The molecule has 1 heterocycles. The topological polar surface area (TPSA) is 42.0 Å². The fourth-order valence-corrected chi connectivity index (χ4v) is 3.52. The number of hydrogen-bond donors (Lipinski definition) is 1. The Morgan fingerprint density at radius 3 is 2.23 bits per heavy atom. The number of pyridine rings is 1. The summed E-state index contributed by atoms with van der Waals surface area (Å²) in [7, 11) is 0. The maximum absolute atomic E-state index is 12.5. The van der Waals surface area contributed by atoms with Gasteiger partial charge in [0.2, 0.25) is 5.91 Å². The number of hydrogen-bond acceptors (Lipinski definition) is 2.